The number of rotatable bonds is 4. The van der Waals surface area contributed by atoms with Crippen LogP contribution in [0, 0.1) is 5.92 Å². The van der Waals surface area contributed by atoms with Gasteiger partial charge < -0.3 is 10.0 Å². The highest BCUT2D eigenvalue weighted by atomic mass is 16.4. The van der Waals surface area contributed by atoms with Crippen molar-refractivity contribution in [3.05, 3.63) is 0 Å². The van der Waals surface area contributed by atoms with Crippen LogP contribution in [-0.4, -0.2) is 36.1 Å². The Bertz CT molecular complexity index is 182. The number of carboxylic acids is 1. The van der Waals surface area contributed by atoms with Crippen molar-refractivity contribution in [3.63, 3.8) is 0 Å². The largest absolute Gasteiger partial charge is 0.481 e. The lowest BCUT2D eigenvalue weighted by atomic mass is 9.97. The van der Waals surface area contributed by atoms with Crippen LogP contribution in [0.4, 0.5) is 0 Å². The summed E-state index contributed by atoms with van der Waals surface area (Å²) in [6, 6.07) is 0. The molecule has 1 atom stereocenters. The SMILES string of the molecule is CN1CCCCC(CCCC(=O)O)C1. The lowest BCUT2D eigenvalue weighted by molar-refractivity contribution is -0.137. The molecule has 0 aromatic heterocycles. The molecule has 1 N–H and O–H groups in total. The standard InChI is InChI=1S/C11H21NO2/c1-12-8-3-2-5-10(9-12)6-4-7-11(13)14/h10H,2-9H2,1H3,(H,13,14). The van der Waals surface area contributed by atoms with Gasteiger partial charge in [-0.2, -0.15) is 0 Å². The first-order valence-corrected chi connectivity index (χ1v) is 5.59. The van der Waals surface area contributed by atoms with Crippen LogP contribution in [0.5, 0.6) is 0 Å². The Hall–Kier alpha value is -0.570. The van der Waals surface area contributed by atoms with Gasteiger partial charge in [-0.25, -0.2) is 0 Å². The molecule has 0 saturated carbocycles. The van der Waals surface area contributed by atoms with Crippen molar-refractivity contribution in [1.29, 1.82) is 0 Å². The van der Waals surface area contributed by atoms with Crippen molar-refractivity contribution in [2.45, 2.75) is 38.5 Å². The molecular weight excluding hydrogens is 178 g/mol. The summed E-state index contributed by atoms with van der Waals surface area (Å²) >= 11 is 0. The van der Waals surface area contributed by atoms with Crippen LogP contribution in [0.3, 0.4) is 0 Å². The lowest BCUT2D eigenvalue weighted by Crippen LogP contribution is -2.24. The molecule has 1 rings (SSSR count). The molecule has 0 amide bonds. The molecule has 1 unspecified atom stereocenters. The highest BCUT2D eigenvalue weighted by Gasteiger charge is 2.15. The van der Waals surface area contributed by atoms with Crippen LogP contribution in [0.15, 0.2) is 0 Å². The number of carboxylic acid groups (broad SMARTS) is 1. The van der Waals surface area contributed by atoms with E-state index in [-0.39, 0.29) is 0 Å². The van der Waals surface area contributed by atoms with E-state index in [2.05, 4.69) is 11.9 Å². The third-order valence-electron chi connectivity index (χ3n) is 2.98. The average Bonchev–Trinajstić information content (AvgIpc) is 2.29. The van der Waals surface area contributed by atoms with Crippen molar-refractivity contribution >= 4 is 5.97 Å². The summed E-state index contributed by atoms with van der Waals surface area (Å²) in [6.45, 7) is 2.36. The Morgan fingerprint density at radius 3 is 3.00 bits per heavy atom. The van der Waals surface area contributed by atoms with Gasteiger partial charge in [0.05, 0.1) is 0 Å². The number of hydrogen-bond donors (Lipinski definition) is 1. The molecule has 1 heterocycles. The van der Waals surface area contributed by atoms with E-state index in [0.29, 0.717) is 6.42 Å². The Morgan fingerprint density at radius 2 is 2.29 bits per heavy atom. The molecule has 14 heavy (non-hydrogen) atoms. The maximum Gasteiger partial charge on any atom is 0.303 e. The Morgan fingerprint density at radius 1 is 1.50 bits per heavy atom. The number of hydrogen-bond acceptors (Lipinski definition) is 2. The molecule has 0 radical (unpaired) electrons. The Balaban J connectivity index is 2.18. The normalized spacial score (nSPS) is 24.5. The average molecular weight is 199 g/mol. The van der Waals surface area contributed by atoms with Gasteiger partial charge in [0.2, 0.25) is 0 Å². The molecule has 3 nitrogen and oxygen atoms in total. The Labute approximate surface area is 86.1 Å². The predicted octanol–water partition coefficient (Wildman–Crippen LogP) is 1.97. The van der Waals surface area contributed by atoms with Gasteiger partial charge in [0, 0.05) is 13.0 Å². The first kappa shape index (κ1) is 11.5. The van der Waals surface area contributed by atoms with Gasteiger partial charge in [-0.15, -0.1) is 0 Å². The van der Waals surface area contributed by atoms with Crippen molar-refractivity contribution in [2.75, 3.05) is 20.1 Å². The van der Waals surface area contributed by atoms with Crippen LogP contribution in [0.1, 0.15) is 38.5 Å². The van der Waals surface area contributed by atoms with Crippen LogP contribution >= 0.6 is 0 Å². The van der Waals surface area contributed by atoms with Gasteiger partial charge in [0.15, 0.2) is 0 Å². The summed E-state index contributed by atoms with van der Waals surface area (Å²) in [4.78, 5) is 12.7. The summed E-state index contributed by atoms with van der Waals surface area (Å²) < 4.78 is 0. The van der Waals surface area contributed by atoms with E-state index >= 15 is 0 Å². The predicted molar refractivity (Wildman–Crippen MR) is 56.3 cm³/mol. The Kier molecular flexibility index (Phi) is 4.94. The number of aliphatic carboxylic acids is 1. The van der Waals surface area contributed by atoms with Crippen molar-refractivity contribution in [3.8, 4) is 0 Å². The molecule has 0 aromatic carbocycles. The van der Waals surface area contributed by atoms with Crippen molar-refractivity contribution in [2.24, 2.45) is 5.92 Å². The molecular formula is C11H21NO2. The highest BCUT2D eigenvalue weighted by Crippen LogP contribution is 2.20. The van der Waals surface area contributed by atoms with Crippen LogP contribution < -0.4 is 0 Å². The molecule has 0 spiro atoms. The minimum Gasteiger partial charge on any atom is -0.481 e. The molecule has 1 saturated heterocycles. The van der Waals surface area contributed by atoms with Gasteiger partial charge in [0.1, 0.15) is 0 Å². The van der Waals surface area contributed by atoms with Crippen molar-refractivity contribution < 1.29 is 9.90 Å². The topological polar surface area (TPSA) is 40.5 Å². The number of nitrogens with zero attached hydrogens (tertiary/aromatic N) is 1. The summed E-state index contributed by atoms with van der Waals surface area (Å²) in [5.41, 5.74) is 0. The second-order valence-electron chi connectivity index (χ2n) is 4.41. The molecule has 1 aliphatic rings. The van der Waals surface area contributed by atoms with Crippen LogP contribution in [0.25, 0.3) is 0 Å². The summed E-state index contributed by atoms with van der Waals surface area (Å²) in [6.07, 6.45) is 6.14. The molecule has 1 fully saturated rings. The summed E-state index contributed by atoms with van der Waals surface area (Å²) in [5, 5.41) is 8.54. The van der Waals surface area contributed by atoms with Gasteiger partial charge in [-0.1, -0.05) is 6.42 Å². The highest BCUT2D eigenvalue weighted by molar-refractivity contribution is 5.66. The summed E-state index contributed by atoms with van der Waals surface area (Å²) in [7, 11) is 2.16. The zero-order valence-corrected chi connectivity index (χ0v) is 9.04. The molecule has 1 aliphatic heterocycles. The van der Waals surface area contributed by atoms with Gasteiger partial charge in [-0.3, -0.25) is 4.79 Å². The van der Waals surface area contributed by atoms with Gasteiger partial charge in [-0.05, 0) is 45.2 Å². The van der Waals surface area contributed by atoms with Crippen LogP contribution in [0.2, 0.25) is 0 Å². The maximum absolute atomic E-state index is 10.4. The molecule has 3 heteroatoms. The minimum atomic E-state index is -0.660. The lowest BCUT2D eigenvalue weighted by Gasteiger charge is -2.19. The fourth-order valence-electron chi connectivity index (χ4n) is 2.22. The first-order valence-electron chi connectivity index (χ1n) is 5.59. The molecule has 0 aliphatic carbocycles. The maximum atomic E-state index is 10.4. The van der Waals surface area contributed by atoms with Gasteiger partial charge in [0.25, 0.3) is 0 Å². The molecule has 0 bridgehead atoms. The second-order valence-corrected chi connectivity index (χ2v) is 4.41. The van der Waals surface area contributed by atoms with E-state index in [4.69, 9.17) is 5.11 Å². The fourth-order valence-corrected chi connectivity index (χ4v) is 2.22. The minimum absolute atomic E-state index is 0.334. The van der Waals surface area contributed by atoms with E-state index in [1.165, 1.54) is 25.8 Å². The second kappa shape index (κ2) is 6.02. The van der Waals surface area contributed by atoms with Crippen LogP contribution in [-0.2, 0) is 4.79 Å². The molecule has 0 aromatic rings. The van der Waals surface area contributed by atoms with E-state index in [1.807, 2.05) is 0 Å². The third-order valence-corrected chi connectivity index (χ3v) is 2.98. The van der Waals surface area contributed by atoms with E-state index in [1.54, 1.807) is 0 Å². The third kappa shape index (κ3) is 4.61. The van der Waals surface area contributed by atoms with E-state index in [9.17, 15) is 4.79 Å². The van der Waals surface area contributed by atoms with Gasteiger partial charge >= 0.3 is 5.97 Å². The summed E-state index contributed by atoms with van der Waals surface area (Å²) in [5.74, 6) is 0.0637. The number of carbonyl (C=O) groups is 1. The zero-order chi connectivity index (χ0) is 10.4. The van der Waals surface area contributed by atoms with E-state index in [0.717, 1.165) is 25.3 Å². The monoisotopic (exact) mass is 199 g/mol. The fraction of sp³-hybridized carbons (Fsp3) is 0.909. The number of likely N-dealkylation sites (tertiary alicyclic amines) is 1. The molecule has 82 valence electrons. The first-order chi connectivity index (χ1) is 6.68. The zero-order valence-electron chi connectivity index (χ0n) is 9.04. The quantitative estimate of drug-likeness (QED) is 0.752. The van der Waals surface area contributed by atoms with Crippen molar-refractivity contribution in [1.82, 2.24) is 4.90 Å². The smallest absolute Gasteiger partial charge is 0.303 e. The van der Waals surface area contributed by atoms with E-state index < -0.39 is 5.97 Å².